The molecule has 0 saturated carbocycles. The van der Waals surface area contributed by atoms with Crippen molar-refractivity contribution in [3.63, 3.8) is 0 Å². The second-order valence-electron chi connectivity index (χ2n) is 5.04. The topological polar surface area (TPSA) is 52.0 Å². The van der Waals surface area contributed by atoms with Crippen molar-refractivity contribution in [3.8, 4) is 0 Å². The van der Waals surface area contributed by atoms with Gasteiger partial charge in [-0.1, -0.05) is 32.0 Å². The molecule has 5 heteroatoms. The van der Waals surface area contributed by atoms with Gasteiger partial charge in [-0.15, -0.1) is 0 Å². The van der Waals surface area contributed by atoms with Crippen molar-refractivity contribution in [2.75, 3.05) is 6.26 Å². The van der Waals surface area contributed by atoms with Crippen LogP contribution in [0.1, 0.15) is 31.0 Å². The molecule has 0 aliphatic carbocycles. The van der Waals surface area contributed by atoms with Crippen LogP contribution in [-0.2, 0) is 22.6 Å². The number of aryl methyl sites for hydroxylation is 1. The largest absolute Gasteiger partial charge is 0.267 e. The van der Waals surface area contributed by atoms with E-state index in [9.17, 15) is 8.42 Å². The highest BCUT2D eigenvalue weighted by Crippen LogP contribution is 2.27. The molecular weight excluding hydrogens is 248 g/mol. The number of rotatable bonds is 3. The summed E-state index contributed by atoms with van der Waals surface area (Å²) in [5.41, 5.74) is 2.87. The van der Waals surface area contributed by atoms with Crippen LogP contribution in [-0.4, -0.2) is 24.5 Å². The van der Waals surface area contributed by atoms with Crippen LogP contribution in [0, 0.1) is 0 Å². The lowest BCUT2D eigenvalue weighted by Gasteiger charge is -2.08. The van der Waals surface area contributed by atoms with E-state index in [-0.39, 0.29) is 5.75 Å². The number of benzene rings is 1. The molecule has 0 aliphatic heterocycles. The van der Waals surface area contributed by atoms with Crippen LogP contribution >= 0.6 is 0 Å². The molecule has 0 N–H and O–H groups in total. The summed E-state index contributed by atoms with van der Waals surface area (Å²) >= 11 is 0. The minimum atomic E-state index is -3.06. The van der Waals surface area contributed by atoms with E-state index in [1.165, 1.54) is 11.8 Å². The fourth-order valence-electron chi connectivity index (χ4n) is 2.26. The molecule has 0 radical (unpaired) electrons. The van der Waals surface area contributed by atoms with Crippen LogP contribution in [0.5, 0.6) is 0 Å². The first-order valence-electron chi connectivity index (χ1n) is 5.92. The molecule has 4 nitrogen and oxygen atoms in total. The first kappa shape index (κ1) is 13.1. The number of nitrogens with zero attached hydrogens (tertiary/aromatic N) is 2. The molecule has 0 spiro atoms. The summed E-state index contributed by atoms with van der Waals surface area (Å²) in [5.74, 6) is 0.376. The van der Waals surface area contributed by atoms with Crippen LogP contribution < -0.4 is 0 Å². The summed E-state index contributed by atoms with van der Waals surface area (Å²) in [7, 11) is -1.20. The van der Waals surface area contributed by atoms with E-state index >= 15 is 0 Å². The second kappa shape index (κ2) is 4.39. The van der Waals surface area contributed by atoms with Crippen molar-refractivity contribution in [1.82, 2.24) is 9.78 Å². The predicted molar refractivity (Wildman–Crippen MR) is 73.4 cm³/mol. The van der Waals surface area contributed by atoms with Crippen LogP contribution in [0.4, 0.5) is 0 Å². The van der Waals surface area contributed by atoms with Gasteiger partial charge in [-0.3, -0.25) is 4.68 Å². The van der Waals surface area contributed by atoms with Crippen molar-refractivity contribution in [1.29, 1.82) is 0 Å². The molecule has 1 aromatic heterocycles. The summed E-state index contributed by atoms with van der Waals surface area (Å²) in [4.78, 5) is 0. The zero-order valence-electron chi connectivity index (χ0n) is 11.1. The van der Waals surface area contributed by atoms with E-state index in [0.29, 0.717) is 11.6 Å². The first-order chi connectivity index (χ1) is 8.29. The molecule has 2 aromatic rings. The number of aromatic nitrogens is 2. The highest BCUT2D eigenvalue weighted by atomic mass is 32.2. The average Bonchev–Trinajstić information content (AvgIpc) is 2.53. The van der Waals surface area contributed by atoms with E-state index in [0.717, 1.165) is 10.9 Å². The molecular formula is C13H18N2O2S. The summed E-state index contributed by atoms with van der Waals surface area (Å²) in [6.45, 7) is 4.25. The van der Waals surface area contributed by atoms with Crippen molar-refractivity contribution in [2.24, 2.45) is 7.05 Å². The Hall–Kier alpha value is -1.36. The molecule has 0 bridgehead atoms. The van der Waals surface area contributed by atoms with Gasteiger partial charge in [-0.2, -0.15) is 5.10 Å². The van der Waals surface area contributed by atoms with Gasteiger partial charge in [0.2, 0.25) is 0 Å². The fraction of sp³-hybridized carbons (Fsp3) is 0.462. The van der Waals surface area contributed by atoms with Gasteiger partial charge < -0.3 is 0 Å². The van der Waals surface area contributed by atoms with Crippen molar-refractivity contribution >= 4 is 20.7 Å². The third kappa shape index (κ3) is 2.41. The lowest BCUT2D eigenvalue weighted by atomic mass is 10.00. The molecule has 0 unspecified atom stereocenters. The Kier molecular flexibility index (Phi) is 3.19. The lowest BCUT2D eigenvalue weighted by Crippen LogP contribution is -2.02. The summed E-state index contributed by atoms with van der Waals surface area (Å²) < 4.78 is 24.6. The first-order valence-corrected chi connectivity index (χ1v) is 7.98. The monoisotopic (exact) mass is 266 g/mol. The summed E-state index contributed by atoms with van der Waals surface area (Å²) in [6.07, 6.45) is 1.24. The molecule has 18 heavy (non-hydrogen) atoms. The molecule has 0 atom stereocenters. The van der Waals surface area contributed by atoms with Crippen LogP contribution in [0.2, 0.25) is 0 Å². The maximum atomic E-state index is 11.4. The van der Waals surface area contributed by atoms with Gasteiger partial charge in [-0.25, -0.2) is 8.42 Å². The Morgan fingerprint density at radius 1 is 1.33 bits per heavy atom. The van der Waals surface area contributed by atoms with E-state index < -0.39 is 9.84 Å². The van der Waals surface area contributed by atoms with E-state index in [1.54, 1.807) is 4.68 Å². The standard InChI is InChI=1S/C13H18N2O2S/c1-9(2)10-6-5-7-11-12(8-18(4,16)17)14-15(3)13(10)11/h5-7,9H,8H2,1-4H3. The van der Waals surface area contributed by atoms with E-state index in [2.05, 4.69) is 25.0 Å². The van der Waals surface area contributed by atoms with Crippen LogP contribution in [0.15, 0.2) is 18.2 Å². The SMILES string of the molecule is CC(C)c1cccc2c(CS(C)(=O)=O)nn(C)c12. The van der Waals surface area contributed by atoms with E-state index in [4.69, 9.17) is 0 Å². The number of fused-ring (bicyclic) bond motifs is 1. The van der Waals surface area contributed by atoms with Gasteiger partial charge in [0.05, 0.1) is 17.0 Å². The molecule has 98 valence electrons. The summed E-state index contributed by atoms with van der Waals surface area (Å²) in [5, 5.41) is 5.29. The van der Waals surface area contributed by atoms with Crippen LogP contribution in [0.25, 0.3) is 10.9 Å². The third-order valence-electron chi connectivity index (χ3n) is 2.99. The number of sulfone groups is 1. The number of hydrogen-bond donors (Lipinski definition) is 0. The zero-order chi connectivity index (χ0) is 13.5. The quantitative estimate of drug-likeness (QED) is 0.856. The third-order valence-corrected chi connectivity index (χ3v) is 3.79. The molecule has 1 heterocycles. The Labute approximate surface area is 108 Å². The van der Waals surface area contributed by atoms with Gasteiger partial charge in [0.15, 0.2) is 9.84 Å². The van der Waals surface area contributed by atoms with Gasteiger partial charge >= 0.3 is 0 Å². The van der Waals surface area contributed by atoms with Gasteiger partial charge in [0.25, 0.3) is 0 Å². The maximum absolute atomic E-state index is 11.4. The fourth-order valence-corrected chi connectivity index (χ4v) is 2.97. The van der Waals surface area contributed by atoms with Crippen molar-refractivity contribution in [3.05, 3.63) is 29.5 Å². The van der Waals surface area contributed by atoms with E-state index in [1.807, 2.05) is 19.2 Å². The molecule has 0 amide bonds. The Morgan fingerprint density at radius 3 is 2.56 bits per heavy atom. The van der Waals surface area contributed by atoms with Gasteiger partial charge in [0, 0.05) is 18.7 Å². The average molecular weight is 266 g/mol. The molecule has 0 saturated heterocycles. The minimum Gasteiger partial charge on any atom is -0.267 e. The molecule has 2 rings (SSSR count). The highest BCUT2D eigenvalue weighted by Gasteiger charge is 2.16. The second-order valence-corrected chi connectivity index (χ2v) is 7.18. The summed E-state index contributed by atoms with van der Waals surface area (Å²) in [6, 6.07) is 5.97. The van der Waals surface area contributed by atoms with Gasteiger partial charge in [-0.05, 0) is 11.5 Å². The highest BCUT2D eigenvalue weighted by molar-refractivity contribution is 7.89. The Balaban J connectivity index is 2.70. The molecule has 0 aliphatic rings. The predicted octanol–water partition coefficient (Wildman–Crippen LogP) is 2.24. The van der Waals surface area contributed by atoms with Crippen LogP contribution in [0.3, 0.4) is 0 Å². The smallest absolute Gasteiger partial charge is 0.153 e. The normalized spacial score (nSPS) is 12.5. The Bertz CT molecular complexity index is 684. The van der Waals surface area contributed by atoms with Crippen molar-refractivity contribution < 1.29 is 8.42 Å². The molecule has 0 fully saturated rings. The lowest BCUT2D eigenvalue weighted by molar-refractivity contribution is 0.600. The maximum Gasteiger partial charge on any atom is 0.153 e. The van der Waals surface area contributed by atoms with Gasteiger partial charge in [0.1, 0.15) is 0 Å². The Morgan fingerprint density at radius 2 is 2.00 bits per heavy atom. The van der Waals surface area contributed by atoms with Crippen molar-refractivity contribution in [2.45, 2.75) is 25.5 Å². The number of para-hydroxylation sites is 1. The number of hydrogen-bond acceptors (Lipinski definition) is 3. The minimum absolute atomic E-state index is 0.00805. The molecule has 1 aromatic carbocycles. The zero-order valence-corrected chi connectivity index (χ0v) is 12.0.